The Balaban J connectivity index is 1.77. The van der Waals surface area contributed by atoms with Gasteiger partial charge in [0, 0.05) is 24.0 Å². The first-order valence-electron chi connectivity index (χ1n) is 8.80. The number of amides is 3. The highest BCUT2D eigenvalue weighted by Crippen LogP contribution is 2.17. The number of ether oxygens (including phenoxy) is 1. The fourth-order valence-electron chi connectivity index (χ4n) is 2.28. The maximum absolute atomic E-state index is 11.9. The molecule has 3 amide bonds. The summed E-state index contributed by atoms with van der Waals surface area (Å²) in [5.74, 6) is 0.264. The highest BCUT2D eigenvalue weighted by atomic mass is 16.5. The van der Waals surface area contributed by atoms with Gasteiger partial charge in [-0.05, 0) is 30.7 Å². The summed E-state index contributed by atoms with van der Waals surface area (Å²) in [6.45, 7) is 2.66. The van der Waals surface area contributed by atoms with E-state index in [4.69, 9.17) is 4.74 Å². The van der Waals surface area contributed by atoms with Crippen molar-refractivity contribution in [3.8, 4) is 5.75 Å². The summed E-state index contributed by atoms with van der Waals surface area (Å²) in [4.78, 5) is 23.7. The fourth-order valence-corrected chi connectivity index (χ4v) is 2.28. The molecule has 0 unspecified atom stereocenters. The Morgan fingerprint density at radius 3 is 2.46 bits per heavy atom. The average Bonchev–Trinajstić information content (AvgIpc) is 2.65. The van der Waals surface area contributed by atoms with Crippen LogP contribution in [-0.2, 0) is 4.79 Å². The van der Waals surface area contributed by atoms with Crippen molar-refractivity contribution < 1.29 is 14.3 Å². The number of urea groups is 1. The summed E-state index contributed by atoms with van der Waals surface area (Å²) in [6, 6.07) is 15.9. The Morgan fingerprint density at radius 1 is 0.923 bits per heavy atom. The van der Waals surface area contributed by atoms with Gasteiger partial charge < -0.3 is 20.7 Å². The van der Waals surface area contributed by atoms with Crippen LogP contribution in [0.15, 0.2) is 54.6 Å². The van der Waals surface area contributed by atoms with E-state index in [2.05, 4.69) is 22.9 Å². The number of anilines is 2. The van der Waals surface area contributed by atoms with Crippen LogP contribution in [0, 0.1) is 0 Å². The van der Waals surface area contributed by atoms with Crippen molar-refractivity contribution in [2.24, 2.45) is 0 Å². The second-order valence-corrected chi connectivity index (χ2v) is 5.82. The summed E-state index contributed by atoms with van der Waals surface area (Å²) >= 11 is 0. The first-order chi connectivity index (χ1) is 12.7. The number of hydrogen-bond acceptors (Lipinski definition) is 3. The van der Waals surface area contributed by atoms with E-state index in [1.54, 1.807) is 24.3 Å². The van der Waals surface area contributed by atoms with Crippen LogP contribution >= 0.6 is 0 Å². The molecule has 3 N–H and O–H groups in total. The van der Waals surface area contributed by atoms with Crippen molar-refractivity contribution in [1.82, 2.24) is 5.32 Å². The molecule has 2 rings (SSSR count). The van der Waals surface area contributed by atoms with E-state index >= 15 is 0 Å². The smallest absolute Gasteiger partial charge is 0.319 e. The topological polar surface area (TPSA) is 79.5 Å². The average molecular weight is 355 g/mol. The van der Waals surface area contributed by atoms with E-state index in [1.165, 1.54) is 0 Å². The Morgan fingerprint density at radius 2 is 1.69 bits per heavy atom. The molecule has 0 aliphatic heterocycles. The van der Waals surface area contributed by atoms with Gasteiger partial charge in [-0.3, -0.25) is 4.79 Å². The summed E-state index contributed by atoms with van der Waals surface area (Å²) < 4.78 is 5.49. The number of carbonyl (C=O) groups excluding carboxylic acids is 2. The number of para-hydroxylation sites is 1. The monoisotopic (exact) mass is 355 g/mol. The van der Waals surface area contributed by atoms with E-state index in [0.717, 1.165) is 24.9 Å². The molecule has 138 valence electrons. The number of carbonyl (C=O) groups is 2. The quantitative estimate of drug-likeness (QED) is 0.595. The minimum Gasteiger partial charge on any atom is -0.484 e. The molecular formula is C20H25N3O3. The Bertz CT molecular complexity index is 704. The highest BCUT2D eigenvalue weighted by molar-refractivity contribution is 5.92. The highest BCUT2D eigenvalue weighted by Gasteiger charge is 2.05. The third-order valence-corrected chi connectivity index (χ3v) is 3.59. The van der Waals surface area contributed by atoms with Crippen LogP contribution in [0.25, 0.3) is 0 Å². The molecule has 2 aromatic carbocycles. The molecule has 0 fully saturated rings. The molecule has 0 radical (unpaired) electrons. The molecule has 0 heterocycles. The van der Waals surface area contributed by atoms with Crippen LogP contribution in [0.5, 0.6) is 5.75 Å². The lowest BCUT2D eigenvalue weighted by atomic mass is 10.2. The third kappa shape index (κ3) is 7.25. The van der Waals surface area contributed by atoms with Gasteiger partial charge in [-0.25, -0.2) is 4.79 Å². The van der Waals surface area contributed by atoms with Crippen LogP contribution in [0.1, 0.15) is 26.2 Å². The minimum absolute atomic E-state index is 0.110. The number of rotatable bonds is 9. The summed E-state index contributed by atoms with van der Waals surface area (Å²) in [6.07, 6.45) is 3.17. The predicted octanol–water partition coefficient (Wildman–Crippen LogP) is 4.02. The lowest BCUT2D eigenvalue weighted by molar-refractivity contribution is -0.118. The Hall–Kier alpha value is -3.02. The molecule has 6 nitrogen and oxygen atoms in total. The van der Waals surface area contributed by atoms with Gasteiger partial charge in [-0.1, -0.05) is 44.0 Å². The first kappa shape index (κ1) is 19.3. The van der Waals surface area contributed by atoms with E-state index in [0.29, 0.717) is 18.0 Å². The van der Waals surface area contributed by atoms with Gasteiger partial charge in [0.05, 0.1) is 0 Å². The summed E-state index contributed by atoms with van der Waals surface area (Å²) in [5.41, 5.74) is 1.33. The molecule has 0 aromatic heterocycles. The first-order valence-corrected chi connectivity index (χ1v) is 8.80. The lowest BCUT2D eigenvalue weighted by Crippen LogP contribution is -2.29. The van der Waals surface area contributed by atoms with Crippen molar-refractivity contribution in [3.05, 3.63) is 54.6 Å². The van der Waals surface area contributed by atoms with E-state index in [1.807, 2.05) is 30.3 Å². The SMILES string of the molecule is CCCCCNC(=O)Nc1cccc(OCC(=O)Nc2ccccc2)c1. The number of hydrogen-bond donors (Lipinski definition) is 3. The third-order valence-electron chi connectivity index (χ3n) is 3.59. The second-order valence-electron chi connectivity index (χ2n) is 5.82. The summed E-state index contributed by atoms with van der Waals surface area (Å²) in [5, 5.41) is 8.31. The predicted molar refractivity (Wildman–Crippen MR) is 104 cm³/mol. The van der Waals surface area contributed by atoms with Crippen molar-refractivity contribution in [2.45, 2.75) is 26.2 Å². The molecular weight excluding hydrogens is 330 g/mol. The van der Waals surface area contributed by atoms with Gasteiger partial charge in [-0.2, -0.15) is 0 Å². The van der Waals surface area contributed by atoms with Gasteiger partial charge in [0.1, 0.15) is 5.75 Å². The largest absolute Gasteiger partial charge is 0.484 e. The molecule has 0 saturated carbocycles. The molecule has 0 spiro atoms. The van der Waals surface area contributed by atoms with Crippen LogP contribution in [-0.4, -0.2) is 25.1 Å². The van der Waals surface area contributed by atoms with Gasteiger partial charge in [0.25, 0.3) is 5.91 Å². The molecule has 0 aliphatic rings. The Labute approximate surface area is 153 Å². The molecule has 26 heavy (non-hydrogen) atoms. The van der Waals surface area contributed by atoms with Crippen molar-refractivity contribution in [2.75, 3.05) is 23.8 Å². The second kappa shape index (κ2) is 10.8. The number of benzene rings is 2. The molecule has 6 heteroatoms. The van der Waals surface area contributed by atoms with Gasteiger partial charge in [0.15, 0.2) is 6.61 Å². The van der Waals surface area contributed by atoms with E-state index in [9.17, 15) is 9.59 Å². The normalized spacial score (nSPS) is 10.0. The van der Waals surface area contributed by atoms with Crippen molar-refractivity contribution >= 4 is 23.3 Å². The molecule has 2 aromatic rings. The maximum Gasteiger partial charge on any atom is 0.319 e. The van der Waals surface area contributed by atoms with Crippen LogP contribution in [0.3, 0.4) is 0 Å². The summed E-state index contributed by atoms with van der Waals surface area (Å²) in [7, 11) is 0. The minimum atomic E-state index is -0.250. The lowest BCUT2D eigenvalue weighted by Gasteiger charge is -2.10. The molecule has 0 atom stereocenters. The van der Waals surface area contributed by atoms with Gasteiger partial charge in [-0.15, -0.1) is 0 Å². The van der Waals surface area contributed by atoms with Gasteiger partial charge >= 0.3 is 6.03 Å². The zero-order valence-electron chi connectivity index (χ0n) is 15.0. The number of nitrogens with one attached hydrogen (secondary N) is 3. The van der Waals surface area contributed by atoms with Crippen LogP contribution in [0.2, 0.25) is 0 Å². The standard InChI is InChI=1S/C20H25N3O3/c1-2-3-7-13-21-20(25)23-17-11-8-12-18(14-17)26-15-19(24)22-16-9-5-4-6-10-16/h4-6,8-12,14H,2-3,7,13,15H2,1H3,(H,22,24)(H2,21,23,25). The van der Waals surface area contributed by atoms with E-state index < -0.39 is 0 Å². The van der Waals surface area contributed by atoms with Crippen molar-refractivity contribution in [3.63, 3.8) is 0 Å². The zero-order valence-corrected chi connectivity index (χ0v) is 15.0. The fraction of sp³-hybridized carbons (Fsp3) is 0.300. The molecule has 0 aliphatic carbocycles. The number of unbranched alkanes of at least 4 members (excludes halogenated alkanes) is 2. The maximum atomic E-state index is 11.9. The Kier molecular flexibility index (Phi) is 7.99. The van der Waals surface area contributed by atoms with E-state index in [-0.39, 0.29) is 18.5 Å². The van der Waals surface area contributed by atoms with Crippen LogP contribution in [0.4, 0.5) is 16.2 Å². The van der Waals surface area contributed by atoms with Gasteiger partial charge in [0.2, 0.25) is 0 Å². The van der Waals surface area contributed by atoms with Crippen molar-refractivity contribution in [1.29, 1.82) is 0 Å². The molecule has 0 saturated heterocycles. The van der Waals surface area contributed by atoms with Crippen LogP contribution < -0.4 is 20.7 Å². The zero-order chi connectivity index (χ0) is 18.6. The molecule has 0 bridgehead atoms.